The highest BCUT2D eigenvalue weighted by Gasteiger charge is 2.17. The van der Waals surface area contributed by atoms with Crippen LogP contribution in [0.5, 0.6) is 0 Å². The number of rotatable bonds is 2. The monoisotopic (exact) mass is 205 g/mol. The first-order valence-corrected chi connectivity index (χ1v) is 4.49. The van der Waals surface area contributed by atoms with Crippen LogP contribution in [0, 0.1) is 6.92 Å². The summed E-state index contributed by atoms with van der Waals surface area (Å²) in [5, 5.41) is 11.5. The maximum atomic E-state index is 12.0. The summed E-state index contributed by atoms with van der Waals surface area (Å²) in [6, 6.07) is 0. The lowest BCUT2D eigenvalue weighted by Gasteiger charge is -1.97. The number of hydrogen-bond donors (Lipinski definition) is 0. The molecule has 0 atom stereocenters. The Bertz CT molecular complexity index is 510. The Kier molecular flexibility index (Phi) is 2.11. The molecule has 15 heavy (non-hydrogen) atoms. The van der Waals surface area contributed by atoms with Gasteiger partial charge in [-0.1, -0.05) is 5.21 Å². The van der Waals surface area contributed by atoms with Gasteiger partial charge in [0, 0.05) is 20.3 Å². The SMILES string of the molecule is Cc1nn(C)cc1C(=O)c1cnnn1C. The van der Waals surface area contributed by atoms with E-state index in [-0.39, 0.29) is 5.78 Å². The van der Waals surface area contributed by atoms with Crippen LogP contribution in [0.4, 0.5) is 0 Å². The van der Waals surface area contributed by atoms with E-state index in [1.54, 1.807) is 31.9 Å². The minimum absolute atomic E-state index is 0.104. The van der Waals surface area contributed by atoms with Gasteiger partial charge in [0.25, 0.3) is 0 Å². The molecule has 6 heteroatoms. The van der Waals surface area contributed by atoms with Crippen molar-refractivity contribution in [3.8, 4) is 0 Å². The molecule has 0 spiro atoms. The fraction of sp³-hybridized carbons (Fsp3) is 0.333. The third kappa shape index (κ3) is 1.54. The molecule has 0 aliphatic carbocycles. The van der Waals surface area contributed by atoms with Crippen LogP contribution < -0.4 is 0 Å². The summed E-state index contributed by atoms with van der Waals surface area (Å²) in [5.74, 6) is -0.104. The molecule has 0 amide bonds. The summed E-state index contributed by atoms with van der Waals surface area (Å²) < 4.78 is 3.07. The van der Waals surface area contributed by atoms with E-state index in [2.05, 4.69) is 15.4 Å². The normalized spacial score (nSPS) is 10.6. The summed E-state index contributed by atoms with van der Waals surface area (Å²) in [6.45, 7) is 1.80. The molecule has 0 radical (unpaired) electrons. The summed E-state index contributed by atoms with van der Waals surface area (Å²) in [7, 11) is 3.47. The molecule has 0 saturated heterocycles. The van der Waals surface area contributed by atoms with Crippen LogP contribution >= 0.6 is 0 Å². The van der Waals surface area contributed by atoms with Crippen LogP contribution in [-0.2, 0) is 14.1 Å². The van der Waals surface area contributed by atoms with Crippen molar-refractivity contribution in [3.05, 3.63) is 29.3 Å². The van der Waals surface area contributed by atoms with E-state index >= 15 is 0 Å². The Morgan fingerprint density at radius 1 is 1.40 bits per heavy atom. The number of nitrogens with zero attached hydrogens (tertiary/aromatic N) is 5. The van der Waals surface area contributed by atoms with E-state index in [0.717, 1.165) is 0 Å². The molecule has 0 aliphatic heterocycles. The number of hydrogen-bond acceptors (Lipinski definition) is 4. The van der Waals surface area contributed by atoms with Crippen molar-refractivity contribution in [1.82, 2.24) is 24.8 Å². The Labute approximate surface area is 86.5 Å². The first-order chi connectivity index (χ1) is 7.09. The first-order valence-electron chi connectivity index (χ1n) is 4.49. The minimum Gasteiger partial charge on any atom is -0.287 e. The van der Waals surface area contributed by atoms with Crippen LogP contribution in [-0.4, -0.2) is 30.6 Å². The second-order valence-electron chi connectivity index (χ2n) is 3.37. The molecule has 6 nitrogen and oxygen atoms in total. The lowest BCUT2D eigenvalue weighted by molar-refractivity contribution is 0.102. The Morgan fingerprint density at radius 2 is 2.13 bits per heavy atom. The number of aromatic nitrogens is 5. The number of aryl methyl sites for hydroxylation is 3. The third-order valence-electron chi connectivity index (χ3n) is 2.21. The number of carbonyl (C=O) groups excluding carboxylic acids is 1. The Hall–Kier alpha value is -1.98. The molecule has 0 unspecified atom stereocenters. The minimum atomic E-state index is -0.104. The van der Waals surface area contributed by atoms with Crippen LogP contribution in [0.25, 0.3) is 0 Å². The molecule has 2 rings (SSSR count). The van der Waals surface area contributed by atoms with Gasteiger partial charge in [0.05, 0.1) is 17.5 Å². The molecule has 0 N–H and O–H groups in total. The van der Waals surface area contributed by atoms with Crippen LogP contribution in [0.3, 0.4) is 0 Å². The fourth-order valence-corrected chi connectivity index (χ4v) is 1.46. The zero-order chi connectivity index (χ0) is 11.0. The lowest BCUT2D eigenvalue weighted by atomic mass is 10.1. The molecule has 2 heterocycles. The van der Waals surface area contributed by atoms with Gasteiger partial charge in [0.2, 0.25) is 5.78 Å². The summed E-state index contributed by atoms with van der Waals surface area (Å²) >= 11 is 0. The third-order valence-corrected chi connectivity index (χ3v) is 2.21. The van der Waals surface area contributed by atoms with Crippen molar-refractivity contribution in [2.75, 3.05) is 0 Å². The van der Waals surface area contributed by atoms with Crippen molar-refractivity contribution in [1.29, 1.82) is 0 Å². The quantitative estimate of drug-likeness (QED) is 0.651. The zero-order valence-electron chi connectivity index (χ0n) is 8.80. The van der Waals surface area contributed by atoms with E-state index < -0.39 is 0 Å². The van der Waals surface area contributed by atoms with Crippen molar-refractivity contribution < 1.29 is 4.79 Å². The molecule has 2 aromatic heterocycles. The van der Waals surface area contributed by atoms with Gasteiger partial charge in [0.1, 0.15) is 5.69 Å². The van der Waals surface area contributed by atoms with E-state index in [0.29, 0.717) is 17.0 Å². The lowest BCUT2D eigenvalue weighted by Crippen LogP contribution is -2.08. The van der Waals surface area contributed by atoms with Gasteiger partial charge >= 0.3 is 0 Å². The molecule has 0 saturated carbocycles. The van der Waals surface area contributed by atoms with Crippen molar-refractivity contribution in [2.24, 2.45) is 14.1 Å². The molecule has 0 aliphatic rings. The molecule has 78 valence electrons. The van der Waals surface area contributed by atoms with Crippen molar-refractivity contribution in [2.45, 2.75) is 6.92 Å². The van der Waals surface area contributed by atoms with E-state index in [4.69, 9.17) is 0 Å². The van der Waals surface area contributed by atoms with Crippen LogP contribution in [0.2, 0.25) is 0 Å². The second kappa shape index (κ2) is 3.30. The Balaban J connectivity index is 2.45. The average molecular weight is 205 g/mol. The standard InChI is InChI=1S/C9H11N5O/c1-6-7(5-13(2)11-6)9(15)8-4-10-12-14(8)3/h4-5H,1-3H3. The van der Waals surface area contributed by atoms with Crippen LogP contribution in [0.15, 0.2) is 12.4 Å². The molecule has 0 bridgehead atoms. The number of ketones is 1. The smallest absolute Gasteiger partial charge is 0.216 e. The predicted octanol–water partition coefficient (Wildman–Crippen LogP) is 0.0880. The predicted molar refractivity (Wildman–Crippen MR) is 52.4 cm³/mol. The van der Waals surface area contributed by atoms with Gasteiger partial charge in [-0.3, -0.25) is 9.48 Å². The highest BCUT2D eigenvalue weighted by atomic mass is 16.1. The highest BCUT2D eigenvalue weighted by Crippen LogP contribution is 2.10. The topological polar surface area (TPSA) is 65.6 Å². The first kappa shape index (κ1) is 9.57. The van der Waals surface area contributed by atoms with Gasteiger partial charge < -0.3 is 0 Å². The van der Waals surface area contributed by atoms with E-state index in [1.165, 1.54) is 10.9 Å². The summed E-state index contributed by atoms with van der Waals surface area (Å²) in [4.78, 5) is 12.0. The summed E-state index contributed by atoms with van der Waals surface area (Å²) in [6.07, 6.45) is 3.15. The zero-order valence-corrected chi connectivity index (χ0v) is 8.80. The molecular formula is C9H11N5O. The maximum Gasteiger partial charge on any atom is 0.216 e. The largest absolute Gasteiger partial charge is 0.287 e. The van der Waals surface area contributed by atoms with Gasteiger partial charge in [-0.05, 0) is 6.92 Å². The van der Waals surface area contributed by atoms with Gasteiger partial charge in [-0.2, -0.15) is 5.10 Å². The van der Waals surface area contributed by atoms with Crippen molar-refractivity contribution >= 4 is 5.78 Å². The highest BCUT2D eigenvalue weighted by molar-refractivity contribution is 6.08. The van der Waals surface area contributed by atoms with Gasteiger partial charge in [0.15, 0.2) is 0 Å². The average Bonchev–Trinajstić information content (AvgIpc) is 2.71. The maximum absolute atomic E-state index is 12.0. The molecule has 0 aromatic carbocycles. The van der Waals surface area contributed by atoms with Crippen molar-refractivity contribution in [3.63, 3.8) is 0 Å². The summed E-state index contributed by atoms with van der Waals surface area (Å²) in [5.41, 5.74) is 1.76. The van der Waals surface area contributed by atoms with Gasteiger partial charge in [-0.15, -0.1) is 5.10 Å². The van der Waals surface area contributed by atoms with Gasteiger partial charge in [-0.25, -0.2) is 4.68 Å². The fourth-order valence-electron chi connectivity index (χ4n) is 1.46. The van der Waals surface area contributed by atoms with E-state index in [1.807, 2.05) is 0 Å². The molecule has 2 aromatic rings. The molecule has 0 fully saturated rings. The van der Waals surface area contributed by atoms with Crippen LogP contribution in [0.1, 0.15) is 21.7 Å². The number of carbonyl (C=O) groups is 1. The van der Waals surface area contributed by atoms with E-state index in [9.17, 15) is 4.79 Å². The molecular weight excluding hydrogens is 194 g/mol. The second-order valence-corrected chi connectivity index (χ2v) is 3.37. The Morgan fingerprint density at radius 3 is 2.60 bits per heavy atom.